The van der Waals surface area contributed by atoms with Gasteiger partial charge in [-0.2, -0.15) is 5.10 Å². The molecule has 0 saturated carbocycles. The number of carbonyl (C=O) groups is 1. The number of hydrogen-bond acceptors (Lipinski definition) is 6. The lowest BCUT2D eigenvalue weighted by atomic mass is 10.5. The molecule has 0 bridgehead atoms. The molecule has 3 N–H and O–H groups in total. The monoisotopic (exact) mass is 270 g/mol. The van der Waals surface area contributed by atoms with Crippen molar-refractivity contribution in [3.8, 4) is 5.75 Å². The maximum Gasteiger partial charge on any atom is 0.270 e. The molecule has 1 heterocycles. The number of ether oxygens (including phenoxy) is 2. The molecule has 1 aromatic rings. The lowest BCUT2D eigenvalue weighted by Gasteiger charge is -2.07. The number of hydrogen-bond donors (Lipinski definition) is 2. The summed E-state index contributed by atoms with van der Waals surface area (Å²) in [6, 6.07) is 1.27. The number of amides is 1. The van der Waals surface area contributed by atoms with Gasteiger partial charge in [-0.25, -0.2) is 4.68 Å². The van der Waals surface area contributed by atoms with Crippen LogP contribution in [0.25, 0.3) is 0 Å². The van der Waals surface area contributed by atoms with Crippen LogP contribution < -0.4 is 21.3 Å². The number of rotatable bonds is 8. The molecular formula is C11H18N4O4. The second-order valence-corrected chi connectivity index (χ2v) is 3.67. The van der Waals surface area contributed by atoms with E-state index in [4.69, 9.17) is 15.2 Å². The molecule has 0 aliphatic rings. The molecule has 0 radical (unpaired) electrons. The van der Waals surface area contributed by atoms with E-state index in [-0.39, 0.29) is 12.5 Å². The highest BCUT2D eigenvalue weighted by Gasteiger charge is 2.06. The third-order valence-electron chi connectivity index (χ3n) is 2.15. The SMILES string of the molecule is COCCNC(=O)Cn1ncc(OCCN)cc1=O. The second-order valence-electron chi connectivity index (χ2n) is 3.67. The van der Waals surface area contributed by atoms with E-state index < -0.39 is 5.56 Å². The van der Waals surface area contributed by atoms with E-state index in [1.54, 1.807) is 0 Å². The third kappa shape index (κ3) is 5.49. The molecule has 0 aliphatic carbocycles. The van der Waals surface area contributed by atoms with Crippen molar-refractivity contribution in [2.45, 2.75) is 6.54 Å². The molecule has 19 heavy (non-hydrogen) atoms. The van der Waals surface area contributed by atoms with E-state index in [9.17, 15) is 9.59 Å². The highest BCUT2D eigenvalue weighted by atomic mass is 16.5. The van der Waals surface area contributed by atoms with Gasteiger partial charge in [-0.1, -0.05) is 0 Å². The minimum atomic E-state index is -0.406. The molecule has 0 aliphatic heterocycles. The summed E-state index contributed by atoms with van der Waals surface area (Å²) in [6.07, 6.45) is 1.37. The molecule has 1 amide bonds. The van der Waals surface area contributed by atoms with E-state index in [1.807, 2.05) is 0 Å². The van der Waals surface area contributed by atoms with Gasteiger partial charge in [-0.05, 0) is 0 Å². The summed E-state index contributed by atoms with van der Waals surface area (Å²) < 4.78 is 11.0. The molecule has 8 nitrogen and oxygen atoms in total. The van der Waals surface area contributed by atoms with Crippen LogP contribution >= 0.6 is 0 Å². The molecular weight excluding hydrogens is 252 g/mol. The summed E-state index contributed by atoms with van der Waals surface area (Å²) in [6.45, 7) is 1.33. The highest BCUT2D eigenvalue weighted by Crippen LogP contribution is 2.02. The summed E-state index contributed by atoms with van der Waals surface area (Å²) in [4.78, 5) is 23.1. The molecule has 1 rings (SSSR count). The van der Waals surface area contributed by atoms with E-state index in [2.05, 4.69) is 10.4 Å². The van der Waals surface area contributed by atoms with Gasteiger partial charge in [0.25, 0.3) is 5.56 Å². The summed E-state index contributed by atoms with van der Waals surface area (Å²) in [5.41, 5.74) is 4.87. The van der Waals surface area contributed by atoms with Crippen LogP contribution in [-0.2, 0) is 16.1 Å². The Bertz CT molecular complexity index is 460. The zero-order valence-corrected chi connectivity index (χ0v) is 10.8. The van der Waals surface area contributed by atoms with Crippen LogP contribution in [0.5, 0.6) is 5.75 Å². The van der Waals surface area contributed by atoms with E-state index >= 15 is 0 Å². The Balaban J connectivity index is 2.54. The number of methoxy groups -OCH3 is 1. The van der Waals surface area contributed by atoms with E-state index in [0.29, 0.717) is 32.1 Å². The lowest BCUT2D eigenvalue weighted by Crippen LogP contribution is -2.34. The van der Waals surface area contributed by atoms with Crippen LogP contribution in [0.4, 0.5) is 0 Å². The summed E-state index contributed by atoms with van der Waals surface area (Å²) >= 11 is 0. The van der Waals surface area contributed by atoms with Gasteiger partial charge < -0.3 is 20.5 Å². The summed E-state index contributed by atoms with van der Waals surface area (Å²) in [5.74, 6) is 0.0359. The van der Waals surface area contributed by atoms with Gasteiger partial charge in [0.15, 0.2) is 0 Å². The zero-order chi connectivity index (χ0) is 14.1. The number of aromatic nitrogens is 2. The van der Waals surface area contributed by atoms with Crippen molar-refractivity contribution >= 4 is 5.91 Å². The minimum Gasteiger partial charge on any atom is -0.490 e. The molecule has 0 fully saturated rings. The van der Waals surface area contributed by atoms with Crippen LogP contribution in [0.2, 0.25) is 0 Å². The van der Waals surface area contributed by atoms with Crippen LogP contribution in [0.3, 0.4) is 0 Å². The van der Waals surface area contributed by atoms with Gasteiger partial charge in [0.1, 0.15) is 18.9 Å². The zero-order valence-electron chi connectivity index (χ0n) is 10.8. The van der Waals surface area contributed by atoms with Crippen molar-refractivity contribution in [2.24, 2.45) is 5.73 Å². The predicted octanol–water partition coefficient (Wildman–Crippen LogP) is -1.66. The van der Waals surface area contributed by atoms with Crippen LogP contribution in [0, 0.1) is 0 Å². The average Bonchev–Trinajstić information content (AvgIpc) is 2.39. The van der Waals surface area contributed by atoms with Crippen molar-refractivity contribution in [3.63, 3.8) is 0 Å². The number of nitrogens with one attached hydrogen (secondary N) is 1. The van der Waals surface area contributed by atoms with Crippen molar-refractivity contribution in [1.29, 1.82) is 0 Å². The Morgan fingerprint density at radius 2 is 2.32 bits per heavy atom. The van der Waals surface area contributed by atoms with E-state index in [0.717, 1.165) is 4.68 Å². The quantitative estimate of drug-likeness (QED) is 0.547. The lowest BCUT2D eigenvalue weighted by molar-refractivity contribution is -0.122. The summed E-state index contributed by atoms with van der Waals surface area (Å²) in [7, 11) is 1.54. The Morgan fingerprint density at radius 1 is 1.53 bits per heavy atom. The maximum absolute atomic E-state index is 11.7. The summed E-state index contributed by atoms with van der Waals surface area (Å²) in [5, 5.41) is 6.44. The Labute approximate surface area is 110 Å². The van der Waals surface area contributed by atoms with Crippen LogP contribution in [0.15, 0.2) is 17.1 Å². The molecule has 0 spiro atoms. The van der Waals surface area contributed by atoms with Crippen molar-refractivity contribution < 1.29 is 14.3 Å². The maximum atomic E-state index is 11.7. The molecule has 0 saturated heterocycles. The highest BCUT2D eigenvalue weighted by molar-refractivity contribution is 5.75. The molecule has 0 atom stereocenters. The molecule has 0 unspecified atom stereocenters. The van der Waals surface area contributed by atoms with E-state index in [1.165, 1.54) is 19.4 Å². The van der Waals surface area contributed by atoms with Crippen LogP contribution in [0.1, 0.15) is 0 Å². The molecule has 8 heteroatoms. The van der Waals surface area contributed by atoms with Crippen molar-refractivity contribution in [1.82, 2.24) is 15.1 Å². The Kier molecular flexibility index (Phi) is 6.55. The molecule has 106 valence electrons. The van der Waals surface area contributed by atoms with Gasteiger partial charge in [-0.15, -0.1) is 0 Å². The second kappa shape index (κ2) is 8.22. The van der Waals surface area contributed by atoms with Gasteiger partial charge in [-0.3, -0.25) is 9.59 Å². The third-order valence-corrected chi connectivity index (χ3v) is 2.15. The average molecular weight is 270 g/mol. The predicted molar refractivity (Wildman–Crippen MR) is 67.9 cm³/mol. The first-order chi connectivity index (χ1) is 9.17. The fourth-order valence-electron chi connectivity index (χ4n) is 1.28. The first kappa shape index (κ1) is 15.1. The number of nitrogens with zero attached hydrogens (tertiary/aromatic N) is 2. The van der Waals surface area contributed by atoms with Crippen molar-refractivity contribution in [3.05, 3.63) is 22.6 Å². The minimum absolute atomic E-state index is 0.139. The number of nitrogens with two attached hydrogens (primary N) is 1. The van der Waals surface area contributed by atoms with Crippen LogP contribution in [-0.4, -0.2) is 49.1 Å². The fourth-order valence-corrected chi connectivity index (χ4v) is 1.28. The Morgan fingerprint density at radius 3 is 2.95 bits per heavy atom. The fraction of sp³-hybridized carbons (Fsp3) is 0.545. The largest absolute Gasteiger partial charge is 0.490 e. The smallest absolute Gasteiger partial charge is 0.270 e. The molecule has 1 aromatic heterocycles. The standard InChI is InChI=1S/C11H18N4O4/c1-18-5-3-13-10(16)8-15-11(17)6-9(7-14-15)19-4-2-12/h6-7H,2-5,8,12H2,1H3,(H,13,16). The molecule has 0 aromatic carbocycles. The topological polar surface area (TPSA) is 108 Å². The Hall–Kier alpha value is -1.93. The van der Waals surface area contributed by atoms with Crippen molar-refractivity contribution in [2.75, 3.05) is 33.4 Å². The first-order valence-corrected chi connectivity index (χ1v) is 5.83. The van der Waals surface area contributed by atoms with Gasteiger partial charge in [0.2, 0.25) is 5.91 Å². The number of carbonyl (C=O) groups excluding carboxylic acids is 1. The van der Waals surface area contributed by atoms with Gasteiger partial charge >= 0.3 is 0 Å². The normalized spacial score (nSPS) is 10.2. The van der Waals surface area contributed by atoms with Gasteiger partial charge in [0.05, 0.1) is 12.8 Å². The first-order valence-electron chi connectivity index (χ1n) is 5.83. The van der Waals surface area contributed by atoms with Gasteiger partial charge in [0, 0.05) is 26.3 Å².